The van der Waals surface area contributed by atoms with E-state index in [9.17, 15) is 24.0 Å². The van der Waals surface area contributed by atoms with Gasteiger partial charge >= 0.3 is 5.97 Å². The van der Waals surface area contributed by atoms with E-state index in [0.717, 1.165) is 6.92 Å². The summed E-state index contributed by atoms with van der Waals surface area (Å²) in [6, 6.07) is 0. The number of imide groups is 2. The maximum Gasteiger partial charge on any atom is 0.330 e. The molecule has 0 aromatic rings. The van der Waals surface area contributed by atoms with Gasteiger partial charge in [0.2, 0.25) is 0 Å². The average molecular weight is 254 g/mol. The van der Waals surface area contributed by atoms with Crippen molar-refractivity contribution >= 4 is 29.6 Å². The summed E-state index contributed by atoms with van der Waals surface area (Å²) >= 11 is 0. The zero-order valence-corrected chi connectivity index (χ0v) is 9.47. The van der Waals surface area contributed by atoms with Crippen LogP contribution in [0, 0.1) is 0 Å². The van der Waals surface area contributed by atoms with Crippen LogP contribution in [-0.4, -0.2) is 34.7 Å². The standard InChI is InChI=1S/C6H7NO4.C4H3NO2/c1-4(8)11-7-5(9)2-3-6(7)10;6-3-1-2-4(7)5-3/h2-3H2,1H3;1-2H,(H,5,6,7). The maximum absolute atomic E-state index is 10.7. The van der Waals surface area contributed by atoms with E-state index in [4.69, 9.17) is 0 Å². The van der Waals surface area contributed by atoms with Crippen molar-refractivity contribution in [1.29, 1.82) is 0 Å². The lowest BCUT2D eigenvalue weighted by molar-refractivity contribution is -0.195. The van der Waals surface area contributed by atoms with E-state index < -0.39 is 17.8 Å². The lowest BCUT2D eigenvalue weighted by Gasteiger charge is -2.09. The Kier molecular flexibility index (Phi) is 4.30. The highest BCUT2D eigenvalue weighted by Crippen LogP contribution is 2.11. The van der Waals surface area contributed by atoms with Gasteiger partial charge in [0.1, 0.15) is 0 Å². The fourth-order valence-electron chi connectivity index (χ4n) is 1.14. The summed E-state index contributed by atoms with van der Waals surface area (Å²) in [5.41, 5.74) is 0. The third-order valence-electron chi connectivity index (χ3n) is 1.86. The zero-order chi connectivity index (χ0) is 13.7. The number of amides is 4. The highest BCUT2D eigenvalue weighted by molar-refractivity contribution is 6.12. The molecule has 8 heteroatoms. The van der Waals surface area contributed by atoms with Gasteiger partial charge in [-0.2, -0.15) is 0 Å². The van der Waals surface area contributed by atoms with Crippen LogP contribution >= 0.6 is 0 Å². The second-order valence-corrected chi connectivity index (χ2v) is 3.35. The lowest BCUT2D eigenvalue weighted by atomic mass is 10.4. The number of hydroxylamine groups is 2. The quantitative estimate of drug-likeness (QED) is 0.589. The summed E-state index contributed by atoms with van der Waals surface area (Å²) in [4.78, 5) is 56.2. The van der Waals surface area contributed by atoms with Crippen molar-refractivity contribution < 1.29 is 28.8 Å². The summed E-state index contributed by atoms with van der Waals surface area (Å²) in [7, 11) is 0. The maximum atomic E-state index is 10.7. The van der Waals surface area contributed by atoms with Crippen LogP contribution in [0.1, 0.15) is 19.8 Å². The average Bonchev–Trinajstić information content (AvgIpc) is 2.79. The van der Waals surface area contributed by atoms with Gasteiger partial charge in [-0.05, 0) is 0 Å². The number of nitrogens with one attached hydrogen (secondary N) is 1. The highest BCUT2D eigenvalue weighted by atomic mass is 16.7. The van der Waals surface area contributed by atoms with E-state index in [-0.39, 0.29) is 24.7 Å². The Morgan fingerprint density at radius 2 is 1.56 bits per heavy atom. The van der Waals surface area contributed by atoms with Gasteiger partial charge in [0, 0.05) is 31.9 Å². The molecule has 2 heterocycles. The molecule has 18 heavy (non-hydrogen) atoms. The first-order chi connectivity index (χ1) is 8.40. The summed E-state index contributed by atoms with van der Waals surface area (Å²) < 4.78 is 0. The monoisotopic (exact) mass is 254 g/mol. The SMILES string of the molecule is CC(=O)ON1C(=O)CCC1=O.O=C1C=CC(=O)N1. The fraction of sp³-hybridized carbons (Fsp3) is 0.300. The smallest absolute Gasteiger partial charge is 0.330 e. The van der Waals surface area contributed by atoms with Gasteiger partial charge in [-0.25, -0.2) is 4.79 Å². The Bertz CT molecular complexity index is 421. The number of nitrogens with zero attached hydrogens (tertiary/aromatic N) is 1. The molecule has 0 saturated carbocycles. The molecule has 0 aliphatic carbocycles. The van der Waals surface area contributed by atoms with Crippen molar-refractivity contribution in [3.05, 3.63) is 12.2 Å². The van der Waals surface area contributed by atoms with Crippen LogP contribution < -0.4 is 5.32 Å². The lowest BCUT2D eigenvalue weighted by Crippen LogP contribution is -2.30. The Morgan fingerprint density at radius 1 is 1.11 bits per heavy atom. The van der Waals surface area contributed by atoms with Gasteiger partial charge in [-0.15, -0.1) is 5.06 Å². The van der Waals surface area contributed by atoms with Crippen LogP contribution in [0.25, 0.3) is 0 Å². The molecule has 8 nitrogen and oxygen atoms in total. The first kappa shape index (κ1) is 13.6. The molecule has 1 fully saturated rings. The molecule has 0 bridgehead atoms. The van der Waals surface area contributed by atoms with Crippen LogP contribution in [0.3, 0.4) is 0 Å². The molecule has 96 valence electrons. The minimum absolute atomic E-state index is 0.131. The molecule has 0 spiro atoms. The summed E-state index contributed by atoms with van der Waals surface area (Å²) in [5.74, 6) is -2.22. The topological polar surface area (TPSA) is 110 Å². The predicted molar refractivity (Wildman–Crippen MR) is 55.1 cm³/mol. The van der Waals surface area contributed by atoms with E-state index >= 15 is 0 Å². The third-order valence-corrected chi connectivity index (χ3v) is 1.86. The fourth-order valence-corrected chi connectivity index (χ4v) is 1.14. The van der Waals surface area contributed by atoms with Crippen LogP contribution in [0.5, 0.6) is 0 Å². The van der Waals surface area contributed by atoms with E-state index in [1.54, 1.807) is 0 Å². The van der Waals surface area contributed by atoms with Crippen molar-refractivity contribution in [2.24, 2.45) is 0 Å². The van der Waals surface area contributed by atoms with Gasteiger partial charge in [-0.3, -0.25) is 24.5 Å². The molecule has 1 N–H and O–H groups in total. The molecule has 0 aromatic heterocycles. The van der Waals surface area contributed by atoms with Gasteiger partial charge in [0.05, 0.1) is 0 Å². The first-order valence-electron chi connectivity index (χ1n) is 4.97. The van der Waals surface area contributed by atoms with E-state index in [1.165, 1.54) is 12.2 Å². The second kappa shape index (κ2) is 5.71. The number of hydrogen-bond donors (Lipinski definition) is 1. The Morgan fingerprint density at radius 3 is 1.83 bits per heavy atom. The van der Waals surface area contributed by atoms with Crippen molar-refractivity contribution in [1.82, 2.24) is 10.4 Å². The first-order valence-corrected chi connectivity index (χ1v) is 4.97. The second-order valence-electron chi connectivity index (χ2n) is 3.35. The molecule has 2 aliphatic heterocycles. The van der Waals surface area contributed by atoms with Crippen LogP contribution in [0.15, 0.2) is 12.2 Å². The summed E-state index contributed by atoms with van der Waals surface area (Å²) in [5, 5.41) is 2.54. The van der Waals surface area contributed by atoms with Gasteiger partial charge in [0.15, 0.2) is 0 Å². The Hall–Kier alpha value is -2.51. The molecule has 2 aliphatic rings. The van der Waals surface area contributed by atoms with Crippen molar-refractivity contribution in [2.75, 3.05) is 0 Å². The highest BCUT2D eigenvalue weighted by Gasteiger charge is 2.31. The van der Waals surface area contributed by atoms with Crippen LogP contribution in [0.4, 0.5) is 0 Å². The molecule has 0 radical (unpaired) electrons. The molecule has 4 amide bonds. The van der Waals surface area contributed by atoms with E-state index in [1.807, 2.05) is 5.32 Å². The van der Waals surface area contributed by atoms with Crippen molar-refractivity contribution in [3.8, 4) is 0 Å². The van der Waals surface area contributed by atoms with Crippen LogP contribution in [0.2, 0.25) is 0 Å². The number of rotatable bonds is 1. The molecule has 0 unspecified atom stereocenters. The molecular formula is C10H10N2O6. The van der Waals surface area contributed by atoms with Crippen molar-refractivity contribution in [2.45, 2.75) is 19.8 Å². The number of carbonyl (C=O) groups is 5. The van der Waals surface area contributed by atoms with Gasteiger partial charge in [0.25, 0.3) is 23.6 Å². The summed E-state index contributed by atoms with van der Waals surface area (Å²) in [6.45, 7) is 1.14. The Labute approximate surface area is 102 Å². The minimum atomic E-state index is -0.659. The molecular weight excluding hydrogens is 244 g/mol. The van der Waals surface area contributed by atoms with Crippen LogP contribution in [-0.2, 0) is 28.8 Å². The van der Waals surface area contributed by atoms with Gasteiger partial charge < -0.3 is 4.84 Å². The summed E-state index contributed by atoms with van der Waals surface area (Å²) in [6.07, 6.45) is 2.66. The van der Waals surface area contributed by atoms with E-state index in [0.29, 0.717) is 5.06 Å². The molecule has 2 rings (SSSR count). The van der Waals surface area contributed by atoms with Gasteiger partial charge in [-0.1, -0.05) is 0 Å². The molecule has 1 saturated heterocycles. The molecule has 0 aromatic carbocycles. The number of carbonyl (C=O) groups excluding carboxylic acids is 5. The Balaban J connectivity index is 0.000000199. The van der Waals surface area contributed by atoms with E-state index in [2.05, 4.69) is 4.84 Å². The zero-order valence-electron chi connectivity index (χ0n) is 9.47. The third kappa shape index (κ3) is 3.81. The largest absolute Gasteiger partial charge is 0.331 e. The normalized spacial score (nSPS) is 17.5. The molecule has 0 atom stereocenters. The van der Waals surface area contributed by atoms with Crippen molar-refractivity contribution in [3.63, 3.8) is 0 Å². The predicted octanol–water partition coefficient (Wildman–Crippen LogP) is -1.19. The number of hydrogen-bond acceptors (Lipinski definition) is 6. The minimum Gasteiger partial charge on any atom is -0.331 e.